The summed E-state index contributed by atoms with van der Waals surface area (Å²) in [5, 5.41) is 4.04. The quantitative estimate of drug-likeness (QED) is 0.261. The molecule has 0 bridgehead atoms. The fraction of sp³-hybridized carbons (Fsp3) is 0.526. The van der Waals surface area contributed by atoms with E-state index in [1.807, 2.05) is 0 Å². The maximum Gasteiger partial charge on any atom is 0.416 e. The monoisotopic (exact) mass is 400 g/mol. The summed E-state index contributed by atoms with van der Waals surface area (Å²) < 4.78 is 43.2. The van der Waals surface area contributed by atoms with Gasteiger partial charge in [0.15, 0.2) is 0 Å². The number of benzene rings is 1. The lowest BCUT2D eigenvalue weighted by molar-refractivity contribution is -0.139. The van der Waals surface area contributed by atoms with Crippen LogP contribution in [0.3, 0.4) is 0 Å². The van der Waals surface area contributed by atoms with Gasteiger partial charge in [-0.1, -0.05) is 17.3 Å². The lowest BCUT2D eigenvalue weighted by atomic mass is 10.0. The minimum atomic E-state index is -4.40. The van der Waals surface area contributed by atoms with Crippen LogP contribution in [0.2, 0.25) is 0 Å². The topological polar surface area (TPSA) is 68.2 Å². The van der Waals surface area contributed by atoms with Crippen LogP contribution in [0.15, 0.2) is 29.4 Å². The summed E-state index contributed by atoms with van der Waals surface area (Å²) in [4.78, 5) is 29.5. The summed E-state index contributed by atoms with van der Waals surface area (Å²) in [6.07, 6.45) is -2.00. The maximum atomic E-state index is 12.7. The van der Waals surface area contributed by atoms with E-state index >= 15 is 0 Å². The standard InChI is InChI=1S/C19H23F3N2O4/c1-27-12-3-2-4-16(14-5-7-15(8-6-14)19(20,21)22)23-28-13-11-24-17(25)9-10-18(24)26/h5-8H,2-4,9-13H2,1H3/b23-16+. The molecule has 0 unspecified atom stereocenters. The molecule has 2 rings (SSSR count). The molecule has 1 aliphatic heterocycles. The molecule has 1 saturated heterocycles. The van der Waals surface area contributed by atoms with Gasteiger partial charge in [-0.05, 0) is 37.0 Å². The molecule has 0 spiro atoms. The molecule has 0 radical (unpaired) electrons. The summed E-state index contributed by atoms with van der Waals surface area (Å²) in [5.74, 6) is -0.472. The van der Waals surface area contributed by atoms with Crippen LogP contribution in [-0.2, 0) is 25.3 Å². The number of likely N-dealkylation sites (tertiary alicyclic amines) is 1. The Balaban J connectivity index is 2.00. The second-order valence-electron chi connectivity index (χ2n) is 6.34. The first-order valence-electron chi connectivity index (χ1n) is 9.01. The summed E-state index contributed by atoms with van der Waals surface area (Å²) in [7, 11) is 1.59. The third-order valence-corrected chi connectivity index (χ3v) is 4.29. The van der Waals surface area contributed by atoms with Crippen molar-refractivity contribution in [2.75, 3.05) is 26.9 Å². The number of halogens is 3. The molecular formula is C19H23F3N2O4. The number of carbonyl (C=O) groups is 2. The van der Waals surface area contributed by atoms with Crippen LogP contribution in [0.5, 0.6) is 0 Å². The predicted molar refractivity (Wildman–Crippen MR) is 95.6 cm³/mol. The third kappa shape index (κ3) is 6.33. The van der Waals surface area contributed by atoms with Crippen LogP contribution in [0.1, 0.15) is 43.2 Å². The van der Waals surface area contributed by atoms with E-state index in [0.29, 0.717) is 24.3 Å². The average molecular weight is 400 g/mol. The molecule has 6 nitrogen and oxygen atoms in total. The number of alkyl halides is 3. The number of ether oxygens (including phenoxy) is 1. The van der Waals surface area contributed by atoms with E-state index < -0.39 is 11.7 Å². The Kier molecular flexibility index (Phi) is 7.98. The van der Waals surface area contributed by atoms with Gasteiger partial charge in [0.05, 0.1) is 17.8 Å². The predicted octanol–water partition coefficient (Wildman–Crippen LogP) is 3.39. The molecule has 0 aromatic heterocycles. The molecule has 1 fully saturated rings. The van der Waals surface area contributed by atoms with E-state index in [1.165, 1.54) is 12.1 Å². The van der Waals surface area contributed by atoms with Gasteiger partial charge in [0.2, 0.25) is 11.8 Å². The molecule has 0 N–H and O–H groups in total. The minimum Gasteiger partial charge on any atom is -0.394 e. The fourth-order valence-corrected chi connectivity index (χ4v) is 2.76. The first-order valence-corrected chi connectivity index (χ1v) is 9.01. The van der Waals surface area contributed by atoms with Gasteiger partial charge in [-0.15, -0.1) is 0 Å². The number of amides is 2. The van der Waals surface area contributed by atoms with Crippen molar-refractivity contribution in [3.05, 3.63) is 35.4 Å². The van der Waals surface area contributed by atoms with Gasteiger partial charge >= 0.3 is 6.18 Å². The summed E-state index contributed by atoms with van der Waals surface area (Å²) in [5.41, 5.74) is 0.296. The number of rotatable bonds is 10. The molecule has 9 heteroatoms. The van der Waals surface area contributed by atoms with E-state index in [9.17, 15) is 22.8 Å². The zero-order chi connectivity index (χ0) is 20.6. The molecule has 1 aromatic carbocycles. The van der Waals surface area contributed by atoms with Crippen molar-refractivity contribution in [2.24, 2.45) is 5.16 Å². The Hall–Kier alpha value is -2.42. The lowest BCUT2D eigenvalue weighted by Gasteiger charge is -2.13. The molecule has 28 heavy (non-hydrogen) atoms. The van der Waals surface area contributed by atoms with E-state index in [2.05, 4.69) is 5.16 Å². The lowest BCUT2D eigenvalue weighted by Crippen LogP contribution is -2.32. The smallest absolute Gasteiger partial charge is 0.394 e. The average Bonchev–Trinajstić information content (AvgIpc) is 2.98. The number of methoxy groups -OCH3 is 1. The van der Waals surface area contributed by atoms with Gasteiger partial charge < -0.3 is 9.57 Å². The van der Waals surface area contributed by atoms with Crippen LogP contribution < -0.4 is 0 Å². The SMILES string of the molecule is COCCCC/C(=N\OCCN1C(=O)CCC1=O)c1ccc(C(F)(F)F)cc1. The fourth-order valence-electron chi connectivity index (χ4n) is 2.76. The maximum absolute atomic E-state index is 12.7. The molecule has 1 aromatic rings. The summed E-state index contributed by atoms with van der Waals surface area (Å²) >= 11 is 0. The Morgan fingerprint density at radius 1 is 1.07 bits per heavy atom. The van der Waals surface area contributed by atoms with Crippen molar-refractivity contribution in [3.8, 4) is 0 Å². The number of carbonyl (C=O) groups excluding carboxylic acids is 2. The van der Waals surface area contributed by atoms with Gasteiger partial charge in [-0.2, -0.15) is 13.2 Å². The minimum absolute atomic E-state index is 0.0275. The van der Waals surface area contributed by atoms with Gasteiger partial charge in [-0.3, -0.25) is 14.5 Å². The van der Waals surface area contributed by atoms with Crippen molar-refractivity contribution in [2.45, 2.75) is 38.3 Å². The van der Waals surface area contributed by atoms with Gasteiger partial charge in [0, 0.05) is 26.6 Å². The molecular weight excluding hydrogens is 377 g/mol. The molecule has 0 saturated carbocycles. The van der Waals surface area contributed by atoms with Crippen LogP contribution in [-0.4, -0.2) is 49.3 Å². The van der Waals surface area contributed by atoms with Crippen LogP contribution in [0.4, 0.5) is 13.2 Å². The Labute approximate surface area is 161 Å². The molecule has 1 heterocycles. The molecule has 2 amide bonds. The van der Waals surface area contributed by atoms with E-state index in [-0.39, 0.29) is 37.8 Å². The Bertz CT molecular complexity index is 686. The highest BCUT2D eigenvalue weighted by Gasteiger charge is 2.30. The van der Waals surface area contributed by atoms with Crippen LogP contribution in [0, 0.1) is 0 Å². The van der Waals surface area contributed by atoms with E-state index in [1.54, 1.807) is 7.11 Å². The third-order valence-electron chi connectivity index (χ3n) is 4.29. The van der Waals surface area contributed by atoms with Crippen molar-refractivity contribution < 1.29 is 32.3 Å². The van der Waals surface area contributed by atoms with Gasteiger partial charge in [0.1, 0.15) is 6.61 Å². The van der Waals surface area contributed by atoms with Gasteiger partial charge in [0.25, 0.3) is 0 Å². The molecule has 0 atom stereocenters. The molecule has 0 aliphatic carbocycles. The zero-order valence-corrected chi connectivity index (χ0v) is 15.6. The highest BCUT2D eigenvalue weighted by Crippen LogP contribution is 2.29. The second-order valence-corrected chi connectivity index (χ2v) is 6.34. The largest absolute Gasteiger partial charge is 0.416 e. The Morgan fingerprint density at radius 3 is 2.29 bits per heavy atom. The van der Waals surface area contributed by atoms with Crippen molar-refractivity contribution in [1.29, 1.82) is 0 Å². The first kappa shape index (κ1) is 21.9. The number of hydrogen-bond acceptors (Lipinski definition) is 5. The number of imide groups is 1. The van der Waals surface area contributed by atoms with Crippen molar-refractivity contribution in [1.82, 2.24) is 4.90 Å². The highest BCUT2D eigenvalue weighted by atomic mass is 19.4. The van der Waals surface area contributed by atoms with Crippen molar-refractivity contribution in [3.63, 3.8) is 0 Å². The number of hydrogen-bond donors (Lipinski definition) is 0. The number of oxime groups is 1. The van der Waals surface area contributed by atoms with Gasteiger partial charge in [-0.25, -0.2) is 0 Å². The molecule has 154 valence electrons. The zero-order valence-electron chi connectivity index (χ0n) is 15.6. The second kappa shape index (κ2) is 10.2. The van der Waals surface area contributed by atoms with Crippen LogP contribution in [0.25, 0.3) is 0 Å². The number of nitrogens with zero attached hydrogens (tertiary/aromatic N) is 2. The van der Waals surface area contributed by atoms with E-state index in [0.717, 1.165) is 29.9 Å². The number of unbranched alkanes of at least 4 members (excludes halogenated alkanes) is 1. The van der Waals surface area contributed by atoms with Crippen molar-refractivity contribution >= 4 is 17.5 Å². The Morgan fingerprint density at radius 2 is 1.71 bits per heavy atom. The highest BCUT2D eigenvalue weighted by molar-refractivity contribution is 6.02. The first-order chi connectivity index (χ1) is 13.3. The normalized spacial score (nSPS) is 15.4. The van der Waals surface area contributed by atoms with Crippen LogP contribution >= 0.6 is 0 Å². The molecule has 1 aliphatic rings. The van der Waals surface area contributed by atoms with E-state index in [4.69, 9.17) is 9.57 Å². The summed E-state index contributed by atoms with van der Waals surface area (Å²) in [6, 6.07) is 4.72. The summed E-state index contributed by atoms with van der Waals surface area (Å²) in [6.45, 7) is 0.700.